The molecule has 0 saturated heterocycles. The van der Waals surface area contributed by atoms with Gasteiger partial charge in [0.05, 0.1) is 6.61 Å². The molecule has 110 valence electrons. The summed E-state index contributed by atoms with van der Waals surface area (Å²) in [5.41, 5.74) is 1.41. The molecule has 4 nitrogen and oxygen atoms in total. The molecule has 0 aromatic heterocycles. The number of aliphatic hydroxyl groups excluding tert-OH is 1. The van der Waals surface area contributed by atoms with Crippen molar-refractivity contribution in [3.8, 4) is 5.75 Å². The van der Waals surface area contributed by atoms with Crippen LogP contribution in [-0.4, -0.2) is 17.1 Å². The second-order valence-corrected chi connectivity index (χ2v) is 4.68. The van der Waals surface area contributed by atoms with Crippen LogP contribution in [0.2, 0.25) is 0 Å². The molecule has 1 atom stereocenters. The van der Waals surface area contributed by atoms with Gasteiger partial charge < -0.3 is 15.2 Å². The smallest absolute Gasteiger partial charge is 0.265 e. The molecule has 21 heavy (non-hydrogen) atoms. The number of anilines is 1. The Balaban J connectivity index is 2.02. The lowest BCUT2D eigenvalue weighted by molar-refractivity contribution is -0.122. The standard InChI is InChI=1S/C17H19NO3/c1-2-16(21-15-9-4-3-5-10-15)17(20)18-14-8-6-7-13(11-14)12-19/h3-11,16,19H,2,12H2,1H3,(H,18,20). The van der Waals surface area contributed by atoms with Crippen LogP contribution in [0.15, 0.2) is 54.6 Å². The van der Waals surface area contributed by atoms with Crippen LogP contribution in [0.5, 0.6) is 5.75 Å². The van der Waals surface area contributed by atoms with Gasteiger partial charge in [0.15, 0.2) is 6.10 Å². The van der Waals surface area contributed by atoms with Crippen LogP contribution in [0.3, 0.4) is 0 Å². The van der Waals surface area contributed by atoms with Crippen molar-refractivity contribution in [1.29, 1.82) is 0 Å². The van der Waals surface area contributed by atoms with Gasteiger partial charge in [0.25, 0.3) is 5.91 Å². The summed E-state index contributed by atoms with van der Waals surface area (Å²) in [6.45, 7) is 1.85. The Morgan fingerprint density at radius 3 is 2.62 bits per heavy atom. The van der Waals surface area contributed by atoms with E-state index >= 15 is 0 Å². The SMILES string of the molecule is CCC(Oc1ccccc1)C(=O)Nc1cccc(CO)c1. The molecule has 0 saturated carbocycles. The summed E-state index contributed by atoms with van der Waals surface area (Å²) >= 11 is 0. The van der Waals surface area contributed by atoms with E-state index in [1.54, 1.807) is 24.3 Å². The Hall–Kier alpha value is -2.33. The number of carbonyl (C=O) groups is 1. The van der Waals surface area contributed by atoms with Crippen LogP contribution >= 0.6 is 0 Å². The largest absolute Gasteiger partial charge is 0.481 e. The third-order valence-corrected chi connectivity index (χ3v) is 3.06. The Morgan fingerprint density at radius 1 is 1.19 bits per heavy atom. The van der Waals surface area contributed by atoms with E-state index in [4.69, 9.17) is 9.84 Å². The zero-order chi connectivity index (χ0) is 15.1. The van der Waals surface area contributed by atoms with Gasteiger partial charge in [-0.25, -0.2) is 0 Å². The molecule has 0 aliphatic rings. The number of nitrogens with one attached hydrogen (secondary N) is 1. The van der Waals surface area contributed by atoms with Gasteiger partial charge in [-0.05, 0) is 36.2 Å². The predicted octanol–water partition coefficient (Wildman–Crippen LogP) is 2.98. The molecule has 0 aliphatic heterocycles. The maximum atomic E-state index is 12.2. The molecule has 0 radical (unpaired) electrons. The van der Waals surface area contributed by atoms with Crippen molar-refractivity contribution in [2.45, 2.75) is 26.1 Å². The van der Waals surface area contributed by atoms with E-state index in [0.717, 1.165) is 5.56 Å². The van der Waals surface area contributed by atoms with Gasteiger partial charge in [-0.2, -0.15) is 0 Å². The molecule has 0 heterocycles. The monoisotopic (exact) mass is 285 g/mol. The second-order valence-electron chi connectivity index (χ2n) is 4.68. The molecule has 2 rings (SSSR count). The summed E-state index contributed by atoms with van der Waals surface area (Å²) in [5, 5.41) is 11.9. The van der Waals surface area contributed by atoms with E-state index in [1.807, 2.05) is 37.3 Å². The fourth-order valence-electron chi connectivity index (χ4n) is 1.96. The van der Waals surface area contributed by atoms with Crippen molar-refractivity contribution in [3.05, 3.63) is 60.2 Å². The minimum Gasteiger partial charge on any atom is -0.481 e. The van der Waals surface area contributed by atoms with Crippen molar-refractivity contribution in [2.75, 3.05) is 5.32 Å². The molecule has 4 heteroatoms. The zero-order valence-corrected chi connectivity index (χ0v) is 12.0. The second kappa shape index (κ2) is 7.45. The fraction of sp³-hybridized carbons (Fsp3) is 0.235. The topological polar surface area (TPSA) is 58.6 Å². The third kappa shape index (κ3) is 4.33. The van der Waals surface area contributed by atoms with Crippen molar-refractivity contribution in [1.82, 2.24) is 0 Å². The highest BCUT2D eigenvalue weighted by molar-refractivity contribution is 5.94. The van der Waals surface area contributed by atoms with Gasteiger partial charge in [-0.1, -0.05) is 37.3 Å². The van der Waals surface area contributed by atoms with Crippen LogP contribution in [0.4, 0.5) is 5.69 Å². The van der Waals surface area contributed by atoms with Crippen LogP contribution in [0, 0.1) is 0 Å². The number of amides is 1. The summed E-state index contributed by atoms with van der Waals surface area (Å²) in [6.07, 6.45) is 0.0191. The first kappa shape index (κ1) is 15.1. The Labute approximate surface area is 124 Å². The molecule has 0 spiro atoms. The third-order valence-electron chi connectivity index (χ3n) is 3.06. The summed E-state index contributed by atoms with van der Waals surface area (Å²) in [7, 11) is 0. The average Bonchev–Trinajstić information content (AvgIpc) is 2.53. The van der Waals surface area contributed by atoms with Crippen molar-refractivity contribution in [2.24, 2.45) is 0 Å². The number of ether oxygens (including phenoxy) is 1. The number of rotatable bonds is 6. The number of hydrogen-bond donors (Lipinski definition) is 2. The summed E-state index contributed by atoms with van der Waals surface area (Å²) in [4.78, 5) is 12.2. The first-order valence-corrected chi connectivity index (χ1v) is 6.95. The first-order chi connectivity index (χ1) is 10.2. The number of carbonyl (C=O) groups excluding carboxylic acids is 1. The molecule has 2 aromatic rings. The first-order valence-electron chi connectivity index (χ1n) is 6.95. The van der Waals surface area contributed by atoms with Gasteiger partial charge in [0.1, 0.15) is 5.75 Å². The minimum atomic E-state index is -0.551. The van der Waals surface area contributed by atoms with Crippen LogP contribution in [-0.2, 0) is 11.4 Å². The Kier molecular flexibility index (Phi) is 5.35. The number of aliphatic hydroxyl groups is 1. The summed E-state index contributed by atoms with van der Waals surface area (Å²) < 4.78 is 5.69. The highest BCUT2D eigenvalue weighted by Crippen LogP contribution is 2.15. The van der Waals surface area contributed by atoms with E-state index in [-0.39, 0.29) is 12.5 Å². The van der Waals surface area contributed by atoms with Crippen molar-refractivity contribution >= 4 is 11.6 Å². The van der Waals surface area contributed by atoms with E-state index in [2.05, 4.69) is 5.32 Å². The lowest BCUT2D eigenvalue weighted by atomic mass is 10.2. The maximum Gasteiger partial charge on any atom is 0.265 e. The molecule has 1 unspecified atom stereocenters. The van der Waals surface area contributed by atoms with Crippen LogP contribution in [0.1, 0.15) is 18.9 Å². The van der Waals surface area contributed by atoms with Gasteiger partial charge in [0, 0.05) is 5.69 Å². The van der Waals surface area contributed by atoms with Gasteiger partial charge >= 0.3 is 0 Å². The van der Waals surface area contributed by atoms with Gasteiger partial charge in [-0.3, -0.25) is 4.79 Å². The zero-order valence-electron chi connectivity index (χ0n) is 12.0. The predicted molar refractivity (Wildman–Crippen MR) is 82.1 cm³/mol. The minimum absolute atomic E-state index is 0.0541. The Morgan fingerprint density at radius 2 is 1.95 bits per heavy atom. The number of para-hydroxylation sites is 1. The highest BCUT2D eigenvalue weighted by atomic mass is 16.5. The van der Waals surface area contributed by atoms with E-state index in [0.29, 0.717) is 17.9 Å². The van der Waals surface area contributed by atoms with E-state index in [9.17, 15) is 4.79 Å². The average molecular weight is 285 g/mol. The molecule has 2 N–H and O–H groups in total. The molecule has 0 aliphatic carbocycles. The normalized spacial score (nSPS) is 11.7. The molecule has 0 bridgehead atoms. The van der Waals surface area contributed by atoms with Crippen LogP contribution in [0.25, 0.3) is 0 Å². The van der Waals surface area contributed by atoms with Crippen molar-refractivity contribution in [3.63, 3.8) is 0 Å². The van der Waals surface area contributed by atoms with E-state index in [1.165, 1.54) is 0 Å². The molecule has 1 amide bonds. The number of hydrogen-bond acceptors (Lipinski definition) is 3. The maximum absolute atomic E-state index is 12.2. The molecule has 0 fully saturated rings. The van der Waals surface area contributed by atoms with Crippen LogP contribution < -0.4 is 10.1 Å². The molecular formula is C17H19NO3. The van der Waals surface area contributed by atoms with Crippen molar-refractivity contribution < 1.29 is 14.6 Å². The number of benzene rings is 2. The quantitative estimate of drug-likeness (QED) is 0.858. The van der Waals surface area contributed by atoms with Gasteiger partial charge in [0.2, 0.25) is 0 Å². The lowest BCUT2D eigenvalue weighted by Crippen LogP contribution is -2.32. The summed E-state index contributed by atoms with van der Waals surface area (Å²) in [6, 6.07) is 16.4. The van der Waals surface area contributed by atoms with Gasteiger partial charge in [-0.15, -0.1) is 0 Å². The Bertz CT molecular complexity index is 584. The molecular weight excluding hydrogens is 266 g/mol. The fourth-order valence-corrected chi connectivity index (χ4v) is 1.96. The molecule has 2 aromatic carbocycles. The van der Waals surface area contributed by atoms with E-state index < -0.39 is 6.10 Å². The summed E-state index contributed by atoms with van der Waals surface area (Å²) in [5.74, 6) is 0.472. The lowest BCUT2D eigenvalue weighted by Gasteiger charge is -2.17. The highest BCUT2D eigenvalue weighted by Gasteiger charge is 2.18.